The summed E-state index contributed by atoms with van der Waals surface area (Å²) in [6.45, 7) is 2.75. The molecule has 0 aliphatic heterocycles. The molecule has 2 heterocycles. The highest BCUT2D eigenvalue weighted by atomic mass is 19.1. The van der Waals surface area contributed by atoms with Gasteiger partial charge < -0.3 is 9.55 Å². The van der Waals surface area contributed by atoms with Crippen molar-refractivity contribution < 1.29 is 4.39 Å². The van der Waals surface area contributed by atoms with Gasteiger partial charge in [-0.15, -0.1) is 0 Å². The number of hydrogen-bond donors (Lipinski definition) is 1. The Morgan fingerprint density at radius 1 is 1.47 bits per heavy atom. The van der Waals surface area contributed by atoms with E-state index in [1.165, 1.54) is 6.07 Å². The summed E-state index contributed by atoms with van der Waals surface area (Å²) >= 11 is 0. The van der Waals surface area contributed by atoms with Crippen molar-refractivity contribution in [2.75, 3.05) is 0 Å². The van der Waals surface area contributed by atoms with Gasteiger partial charge in [0.1, 0.15) is 6.07 Å². The number of aromatic amines is 1. The summed E-state index contributed by atoms with van der Waals surface area (Å²) in [6, 6.07) is 5.06. The molecule has 0 saturated carbocycles. The molecule has 2 aromatic heterocycles. The van der Waals surface area contributed by atoms with Crippen LogP contribution in [0.4, 0.5) is 4.39 Å². The minimum absolute atomic E-state index is 0.0518. The van der Waals surface area contributed by atoms with Crippen LogP contribution in [-0.4, -0.2) is 14.5 Å². The largest absolute Gasteiger partial charge is 0.360 e. The molecule has 3 rings (SSSR count). The van der Waals surface area contributed by atoms with Crippen LogP contribution >= 0.6 is 0 Å². The van der Waals surface area contributed by atoms with E-state index in [0.29, 0.717) is 10.9 Å². The number of imidazole rings is 1. The lowest BCUT2D eigenvalue weighted by Gasteiger charge is -2.04. The van der Waals surface area contributed by atoms with Crippen molar-refractivity contribution in [3.63, 3.8) is 0 Å². The number of fused-ring (bicyclic) bond motifs is 1. The Hall–Kier alpha value is -2.61. The molecule has 0 bridgehead atoms. The van der Waals surface area contributed by atoms with Gasteiger partial charge in [-0.05, 0) is 19.1 Å². The molecule has 0 fully saturated rings. The van der Waals surface area contributed by atoms with Crippen LogP contribution in [0.15, 0.2) is 30.9 Å². The second kappa shape index (κ2) is 4.25. The van der Waals surface area contributed by atoms with Crippen molar-refractivity contribution in [3.05, 3.63) is 42.2 Å². The second-order valence-corrected chi connectivity index (χ2v) is 4.23. The molecule has 5 heteroatoms. The fourth-order valence-corrected chi connectivity index (χ4v) is 2.27. The average molecular weight is 254 g/mol. The third kappa shape index (κ3) is 1.61. The van der Waals surface area contributed by atoms with Gasteiger partial charge in [0.2, 0.25) is 0 Å². The number of rotatable bonds is 2. The number of benzene rings is 1. The summed E-state index contributed by atoms with van der Waals surface area (Å²) in [5.74, 6) is -0.486. The van der Waals surface area contributed by atoms with Gasteiger partial charge in [-0.25, -0.2) is 9.37 Å². The Labute approximate surface area is 109 Å². The summed E-state index contributed by atoms with van der Waals surface area (Å²) < 4.78 is 16.3. The van der Waals surface area contributed by atoms with E-state index in [-0.39, 0.29) is 5.56 Å². The molecule has 3 aromatic rings. The third-order valence-electron chi connectivity index (χ3n) is 3.23. The van der Waals surface area contributed by atoms with E-state index in [1.54, 1.807) is 24.8 Å². The van der Waals surface area contributed by atoms with Crippen molar-refractivity contribution in [2.24, 2.45) is 0 Å². The molecule has 0 spiro atoms. The first kappa shape index (κ1) is 11.5. The third-order valence-corrected chi connectivity index (χ3v) is 3.23. The number of aromatic nitrogens is 3. The summed E-state index contributed by atoms with van der Waals surface area (Å²) in [6.07, 6.45) is 5.16. The van der Waals surface area contributed by atoms with Crippen molar-refractivity contribution >= 4 is 10.9 Å². The van der Waals surface area contributed by atoms with E-state index in [1.807, 2.05) is 17.6 Å². The van der Waals surface area contributed by atoms with Crippen molar-refractivity contribution in [2.45, 2.75) is 13.5 Å². The smallest absolute Gasteiger partial charge is 0.150 e. The Morgan fingerprint density at radius 3 is 3.05 bits per heavy atom. The van der Waals surface area contributed by atoms with Gasteiger partial charge in [0, 0.05) is 29.2 Å². The molecular formula is C14H11FN4. The highest BCUT2D eigenvalue weighted by molar-refractivity contribution is 5.96. The minimum Gasteiger partial charge on any atom is -0.360 e. The maximum absolute atomic E-state index is 14.3. The van der Waals surface area contributed by atoms with Gasteiger partial charge in [0.15, 0.2) is 5.82 Å². The Kier molecular flexibility index (Phi) is 2.57. The fourth-order valence-electron chi connectivity index (χ4n) is 2.27. The highest BCUT2D eigenvalue weighted by Crippen LogP contribution is 2.31. The van der Waals surface area contributed by atoms with Crippen molar-refractivity contribution in [1.29, 1.82) is 5.26 Å². The molecule has 0 atom stereocenters. The molecule has 1 N–H and O–H groups in total. The van der Waals surface area contributed by atoms with Crippen LogP contribution in [-0.2, 0) is 6.54 Å². The van der Waals surface area contributed by atoms with E-state index in [0.717, 1.165) is 17.8 Å². The van der Waals surface area contributed by atoms with Gasteiger partial charge in [-0.3, -0.25) is 0 Å². The summed E-state index contributed by atoms with van der Waals surface area (Å²) in [5.41, 5.74) is 2.29. The predicted molar refractivity (Wildman–Crippen MR) is 69.9 cm³/mol. The molecule has 0 aliphatic rings. The molecule has 94 valence electrons. The van der Waals surface area contributed by atoms with Gasteiger partial charge in [-0.1, -0.05) is 0 Å². The van der Waals surface area contributed by atoms with Gasteiger partial charge >= 0.3 is 0 Å². The summed E-state index contributed by atoms with van der Waals surface area (Å²) in [7, 11) is 0. The SMILES string of the molecule is CCn1cncc1-c1c[nH]c2ccc(C#N)c(F)c12. The molecule has 0 saturated heterocycles. The van der Waals surface area contributed by atoms with Crippen LogP contribution in [0.1, 0.15) is 12.5 Å². The van der Waals surface area contributed by atoms with Gasteiger partial charge in [0.25, 0.3) is 0 Å². The Bertz CT molecular complexity index is 791. The topological polar surface area (TPSA) is 57.4 Å². The monoisotopic (exact) mass is 254 g/mol. The Morgan fingerprint density at radius 2 is 2.32 bits per heavy atom. The van der Waals surface area contributed by atoms with Crippen LogP contribution in [0.2, 0.25) is 0 Å². The van der Waals surface area contributed by atoms with Gasteiger partial charge in [-0.2, -0.15) is 5.26 Å². The zero-order valence-electron chi connectivity index (χ0n) is 10.3. The van der Waals surface area contributed by atoms with Crippen molar-refractivity contribution in [3.8, 4) is 17.3 Å². The van der Waals surface area contributed by atoms with E-state index >= 15 is 0 Å². The first-order valence-corrected chi connectivity index (χ1v) is 5.96. The number of halogens is 1. The van der Waals surface area contributed by atoms with Crippen LogP contribution < -0.4 is 0 Å². The zero-order chi connectivity index (χ0) is 13.4. The lowest BCUT2D eigenvalue weighted by molar-refractivity contribution is 0.636. The molecule has 0 amide bonds. The summed E-state index contributed by atoms with van der Waals surface area (Å²) in [4.78, 5) is 7.12. The molecule has 19 heavy (non-hydrogen) atoms. The number of aryl methyl sites for hydroxylation is 1. The molecule has 1 aromatic carbocycles. The molecule has 4 nitrogen and oxygen atoms in total. The summed E-state index contributed by atoms with van der Waals surface area (Å²) in [5, 5.41) is 9.36. The molecular weight excluding hydrogens is 243 g/mol. The number of nitrogens with zero attached hydrogens (tertiary/aromatic N) is 3. The Balaban J connectivity index is 2.34. The average Bonchev–Trinajstić information content (AvgIpc) is 3.04. The zero-order valence-corrected chi connectivity index (χ0v) is 10.3. The number of nitriles is 1. The molecule has 0 radical (unpaired) electrons. The normalized spacial score (nSPS) is 10.8. The lowest BCUT2D eigenvalue weighted by Crippen LogP contribution is -1.95. The first-order valence-electron chi connectivity index (χ1n) is 5.96. The van der Waals surface area contributed by atoms with Crippen LogP contribution in [0.3, 0.4) is 0 Å². The van der Waals surface area contributed by atoms with Crippen molar-refractivity contribution in [1.82, 2.24) is 14.5 Å². The minimum atomic E-state index is -0.486. The first-order chi connectivity index (χ1) is 9.26. The standard InChI is InChI=1S/C14H11FN4/c1-2-19-8-17-7-12(19)10-6-18-11-4-3-9(5-16)14(15)13(10)11/h3-4,6-8,18H,2H2,1H3. The van der Waals surface area contributed by atoms with Crippen LogP contribution in [0.25, 0.3) is 22.2 Å². The molecule has 0 aliphatic carbocycles. The quantitative estimate of drug-likeness (QED) is 0.764. The fraction of sp³-hybridized carbons (Fsp3) is 0.143. The maximum Gasteiger partial charge on any atom is 0.150 e. The maximum atomic E-state index is 14.3. The van der Waals surface area contributed by atoms with E-state index in [4.69, 9.17) is 5.26 Å². The van der Waals surface area contributed by atoms with Crippen LogP contribution in [0.5, 0.6) is 0 Å². The lowest BCUT2D eigenvalue weighted by atomic mass is 10.1. The predicted octanol–water partition coefficient (Wildman–Crippen LogP) is 3.06. The highest BCUT2D eigenvalue weighted by Gasteiger charge is 2.16. The second-order valence-electron chi connectivity index (χ2n) is 4.23. The van der Waals surface area contributed by atoms with E-state index < -0.39 is 5.82 Å². The number of nitrogens with one attached hydrogen (secondary N) is 1. The van der Waals surface area contributed by atoms with Gasteiger partial charge in [0.05, 0.1) is 23.8 Å². The molecule has 0 unspecified atom stereocenters. The number of hydrogen-bond acceptors (Lipinski definition) is 2. The van der Waals surface area contributed by atoms with E-state index in [2.05, 4.69) is 9.97 Å². The van der Waals surface area contributed by atoms with Crippen LogP contribution in [0, 0.1) is 17.1 Å². The van der Waals surface area contributed by atoms with E-state index in [9.17, 15) is 4.39 Å². The number of H-pyrrole nitrogens is 1.